The Morgan fingerprint density at radius 1 is 1.43 bits per heavy atom. The van der Waals surface area contributed by atoms with Gasteiger partial charge in [-0.15, -0.1) is 0 Å². The molecule has 0 radical (unpaired) electrons. The van der Waals surface area contributed by atoms with Gasteiger partial charge in [-0.3, -0.25) is 0 Å². The van der Waals surface area contributed by atoms with E-state index in [9.17, 15) is 0 Å². The maximum absolute atomic E-state index is 8.89. The SMILES string of the molecule is CCC(N)(C#N)CCCN1CCCC1. The molecular formula is C11H21N3. The Hall–Kier alpha value is -0.590. The summed E-state index contributed by atoms with van der Waals surface area (Å²) >= 11 is 0. The number of hydrogen-bond donors (Lipinski definition) is 1. The van der Waals surface area contributed by atoms with Crippen molar-refractivity contribution >= 4 is 0 Å². The second kappa shape index (κ2) is 5.33. The minimum Gasteiger partial charge on any atom is -0.313 e. The maximum Gasteiger partial charge on any atom is 0.104 e. The molecule has 3 heteroatoms. The van der Waals surface area contributed by atoms with Gasteiger partial charge < -0.3 is 10.6 Å². The first-order chi connectivity index (χ1) is 6.70. The van der Waals surface area contributed by atoms with Gasteiger partial charge in [-0.2, -0.15) is 5.26 Å². The predicted octanol–water partition coefficient (Wildman–Crippen LogP) is 1.49. The monoisotopic (exact) mass is 195 g/mol. The van der Waals surface area contributed by atoms with Gasteiger partial charge in [0.25, 0.3) is 0 Å². The zero-order valence-corrected chi connectivity index (χ0v) is 9.13. The molecule has 0 aromatic carbocycles. The van der Waals surface area contributed by atoms with Gasteiger partial charge in [0.1, 0.15) is 5.54 Å². The highest BCUT2D eigenvalue weighted by atomic mass is 15.1. The van der Waals surface area contributed by atoms with E-state index in [-0.39, 0.29) is 0 Å². The molecule has 0 aliphatic carbocycles. The summed E-state index contributed by atoms with van der Waals surface area (Å²) in [5, 5.41) is 8.89. The third-order valence-corrected chi connectivity index (χ3v) is 3.15. The van der Waals surface area contributed by atoms with Gasteiger partial charge in [-0.1, -0.05) is 6.92 Å². The molecule has 0 spiro atoms. The largest absolute Gasteiger partial charge is 0.313 e. The second-order valence-electron chi connectivity index (χ2n) is 4.27. The highest BCUT2D eigenvalue weighted by Gasteiger charge is 2.22. The maximum atomic E-state index is 8.89. The van der Waals surface area contributed by atoms with Gasteiger partial charge in [0.2, 0.25) is 0 Å². The number of nitrogens with two attached hydrogens (primary N) is 1. The van der Waals surface area contributed by atoms with Crippen LogP contribution in [0.2, 0.25) is 0 Å². The van der Waals surface area contributed by atoms with Crippen molar-refractivity contribution in [2.75, 3.05) is 19.6 Å². The quantitative estimate of drug-likeness (QED) is 0.723. The highest BCUT2D eigenvalue weighted by molar-refractivity contribution is 5.03. The molecule has 0 aromatic rings. The van der Waals surface area contributed by atoms with E-state index in [0.29, 0.717) is 0 Å². The number of nitriles is 1. The molecule has 1 atom stereocenters. The van der Waals surface area contributed by atoms with Crippen LogP contribution in [0.5, 0.6) is 0 Å². The highest BCUT2D eigenvalue weighted by Crippen LogP contribution is 2.15. The first-order valence-electron chi connectivity index (χ1n) is 5.63. The van der Waals surface area contributed by atoms with Crippen LogP contribution in [0.3, 0.4) is 0 Å². The van der Waals surface area contributed by atoms with Crippen LogP contribution in [-0.2, 0) is 0 Å². The van der Waals surface area contributed by atoms with Crippen LogP contribution in [0.1, 0.15) is 39.0 Å². The molecule has 3 nitrogen and oxygen atoms in total. The lowest BCUT2D eigenvalue weighted by Gasteiger charge is -2.21. The van der Waals surface area contributed by atoms with E-state index in [2.05, 4.69) is 11.0 Å². The van der Waals surface area contributed by atoms with E-state index in [4.69, 9.17) is 11.0 Å². The van der Waals surface area contributed by atoms with Gasteiger partial charge in [0.05, 0.1) is 6.07 Å². The molecular weight excluding hydrogens is 174 g/mol. The van der Waals surface area contributed by atoms with Crippen molar-refractivity contribution in [3.05, 3.63) is 0 Å². The molecule has 1 saturated heterocycles. The second-order valence-corrected chi connectivity index (χ2v) is 4.27. The number of nitrogens with zero attached hydrogens (tertiary/aromatic N) is 2. The Balaban J connectivity index is 2.16. The molecule has 80 valence electrons. The van der Waals surface area contributed by atoms with Crippen LogP contribution in [0.4, 0.5) is 0 Å². The summed E-state index contributed by atoms with van der Waals surface area (Å²) < 4.78 is 0. The predicted molar refractivity (Wildman–Crippen MR) is 57.7 cm³/mol. The minimum atomic E-state index is -0.584. The molecule has 1 rings (SSSR count). The molecule has 0 bridgehead atoms. The Bertz CT molecular complexity index is 203. The van der Waals surface area contributed by atoms with Gasteiger partial charge in [-0.25, -0.2) is 0 Å². The Morgan fingerprint density at radius 3 is 2.57 bits per heavy atom. The van der Waals surface area contributed by atoms with Gasteiger partial charge in [0, 0.05) is 0 Å². The van der Waals surface area contributed by atoms with Gasteiger partial charge in [0.15, 0.2) is 0 Å². The third kappa shape index (κ3) is 3.28. The zero-order chi connectivity index (χ0) is 10.4. The molecule has 14 heavy (non-hydrogen) atoms. The first-order valence-corrected chi connectivity index (χ1v) is 5.63. The van der Waals surface area contributed by atoms with Crippen molar-refractivity contribution in [1.82, 2.24) is 4.90 Å². The summed E-state index contributed by atoms with van der Waals surface area (Å²) in [5.74, 6) is 0. The van der Waals surface area contributed by atoms with E-state index in [1.165, 1.54) is 25.9 Å². The molecule has 0 amide bonds. The standard InChI is InChI=1S/C11H21N3/c1-2-11(13,10-12)6-5-9-14-7-3-4-8-14/h2-9,13H2,1H3. The van der Waals surface area contributed by atoms with Crippen molar-refractivity contribution < 1.29 is 0 Å². The van der Waals surface area contributed by atoms with Crippen molar-refractivity contribution in [3.63, 3.8) is 0 Å². The first kappa shape index (κ1) is 11.5. The van der Waals surface area contributed by atoms with Gasteiger partial charge in [-0.05, 0) is 51.7 Å². The van der Waals surface area contributed by atoms with E-state index >= 15 is 0 Å². The minimum absolute atomic E-state index is 0.584. The molecule has 0 saturated carbocycles. The lowest BCUT2D eigenvalue weighted by atomic mass is 9.93. The van der Waals surface area contributed by atoms with Crippen LogP contribution in [0.15, 0.2) is 0 Å². The fourth-order valence-electron chi connectivity index (χ4n) is 1.94. The van der Waals surface area contributed by atoms with Crippen molar-refractivity contribution in [3.8, 4) is 6.07 Å². The Morgan fingerprint density at radius 2 is 2.07 bits per heavy atom. The topological polar surface area (TPSA) is 53.1 Å². The molecule has 1 aliphatic rings. The summed E-state index contributed by atoms with van der Waals surface area (Å²) in [6, 6.07) is 2.21. The van der Waals surface area contributed by atoms with Crippen LogP contribution < -0.4 is 5.73 Å². The third-order valence-electron chi connectivity index (χ3n) is 3.15. The van der Waals surface area contributed by atoms with Crippen LogP contribution >= 0.6 is 0 Å². The van der Waals surface area contributed by atoms with E-state index < -0.39 is 5.54 Å². The lowest BCUT2D eigenvalue weighted by Crippen LogP contribution is -2.38. The van der Waals surface area contributed by atoms with Crippen molar-refractivity contribution in [2.24, 2.45) is 5.73 Å². The Kier molecular flexibility index (Phi) is 4.37. The van der Waals surface area contributed by atoms with E-state index in [1.807, 2.05) is 6.92 Å². The Labute approximate surface area is 86.9 Å². The average Bonchev–Trinajstić information content (AvgIpc) is 2.70. The molecule has 1 fully saturated rings. The fraction of sp³-hybridized carbons (Fsp3) is 0.909. The lowest BCUT2D eigenvalue weighted by molar-refractivity contribution is 0.314. The molecule has 0 aromatic heterocycles. The summed E-state index contributed by atoms with van der Waals surface area (Å²) in [5.41, 5.74) is 5.32. The molecule has 1 unspecified atom stereocenters. The van der Waals surface area contributed by atoms with Crippen LogP contribution in [0, 0.1) is 11.3 Å². The zero-order valence-electron chi connectivity index (χ0n) is 9.13. The smallest absolute Gasteiger partial charge is 0.104 e. The average molecular weight is 195 g/mol. The summed E-state index contributed by atoms with van der Waals surface area (Å²) in [6.07, 6.45) is 5.30. The summed E-state index contributed by atoms with van der Waals surface area (Å²) in [4.78, 5) is 2.47. The van der Waals surface area contributed by atoms with Crippen molar-refractivity contribution in [1.29, 1.82) is 5.26 Å². The fourth-order valence-corrected chi connectivity index (χ4v) is 1.94. The van der Waals surface area contributed by atoms with Crippen LogP contribution in [-0.4, -0.2) is 30.1 Å². The molecule has 1 aliphatic heterocycles. The number of likely N-dealkylation sites (tertiary alicyclic amines) is 1. The molecule has 2 N–H and O–H groups in total. The van der Waals surface area contributed by atoms with Crippen molar-refractivity contribution in [2.45, 2.75) is 44.6 Å². The normalized spacial score (nSPS) is 21.8. The van der Waals surface area contributed by atoms with E-state index in [0.717, 1.165) is 25.8 Å². The summed E-state index contributed by atoms with van der Waals surface area (Å²) in [7, 11) is 0. The van der Waals surface area contributed by atoms with Crippen LogP contribution in [0.25, 0.3) is 0 Å². The van der Waals surface area contributed by atoms with Gasteiger partial charge >= 0.3 is 0 Å². The number of rotatable bonds is 5. The summed E-state index contributed by atoms with van der Waals surface area (Å²) in [6.45, 7) is 5.56. The van der Waals surface area contributed by atoms with E-state index in [1.54, 1.807) is 0 Å². The number of hydrogen-bond acceptors (Lipinski definition) is 3. The molecule has 1 heterocycles.